The van der Waals surface area contributed by atoms with Crippen LogP contribution in [0.15, 0.2) is 36.4 Å². The predicted molar refractivity (Wildman–Crippen MR) is 152 cm³/mol. The summed E-state index contributed by atoms with van der Waals surface area (Å²) in [6, 6.07) is 6.76. The Morgan fingerprint density at radius 2 is 1.78 bits per heavy atom. The molecule has 0 aromatic heterocycles. The van der Waals surface area contributed by atoms with Crippen LogP contribution in [0.25, 0.3) is 0 Å². The van der Waals surface area contributed by atoms with Gasteiger partial charge in [0.1, 0.15) is 17.8 Å². The van der Waals surface area contributed by atoms with Crippen LogP contribution in [-0.4, -0.2) is 84.1 Å². The van der Waals surface area contributed by atoms with E-state index in [0.29, 0.717) is 42.9 Å². The smallest absolute Gasteiger partial charge is 0.430 e. The number of carbonyl (C=O) groups excluding carboxylic acids is 3. The fourth-order valence-electron chi connectivity index (χ4n) is 6.15. The van der Waals surface area contributed by atoms with Gasteiger partial charge in [0, 0.05) is 30.8 Å². The number of nitrogens with two attached hydrogens (primary N) is 1. The van der Waals surface area contributed by atoms with E-state index in [9.17, 15) is 45.8 Å². The third kappa shape index (κ3) is 5.50. The molecule has 4 amide bonds. The van der Waals surface area contributed by atoms with Crippen LogP contribution in [0.5, 0.6) is 5.75 Å². The molecule has 3 aliphatic heterocycles. The van der Waals surface area contributed by atoms with Gasteiger partial charge in [0.25, 0.3) is 11.5 Å². The monoisotopic (exact) mass is 657 g/mol. The summed E-state index contributed by atoms with van der Waals surface area (Å²) in [6.07, 6.45) is -11.9. The molecule has 2 atom stereocenters. The summed E-state index contributed by atoms with van der Waals surface area (Å²) in [5.41, 5.74) is 0.317. The van der Waals surface area contributed by atoms with Gasteiger partial charge >= 0.3 is 18.4 Å². The minimum Gasteiger partial charge on any atom is -0.493 e. The molecule has 2 saturated heterocycles. The lowest BCUT2D eigenvalue weighted by Crippen LogP contribution is -2.60. The number of benzene rings is 2. The number of ether oxygens (including phenoxy) is 1. The standard InChI is InChI=1S/C30H33F6N5O5/c1-3-4-17-13-20(28(45,29(31,32)33)30(34,35)36)5-7-21(17)40-11-10-39(15-23(40)37)24(42)16-41-25(43)27(2,38-26(41)44)19-6-8-22-18(14-19)9-12-46-22/h5-8,13-14,23,45H,3-4,9-12,15-16,37H2,1-2H3,(H,38,44)/t23-,27?/m0/s1. The number of aliphatic hydroxyl groups is 1. The van der Waals surface area contributed by atoms with Crippen LogP contribution in [0.2, 0.25) is 0 Å². The number of halogens is 6. The number of anilines is 1. The number of fused-ring (bicyclic) bond motifs is 1. The summed E-state index contributed by atoms with van der Waals surface area (Å²) in [5, 5.41) is 12.6. The van der Waals surface area contributed by atoms with Crippen molar-refractivity contribution in [3.05, 3.63) is 58.7 Å². The van der Waals surface area contributed by atoms with Gasteiger partial charge in [-0.05, 0) is 48.2 Å². The number of rotatable bonds is 7. The molecule has 4 N–H and O–H groups in total. The highest BCUT2D eigenvalue weighted by atomic mass is 19.4. The average molecular weight is 658 g/mol. The Balaban J connectivity index is 1.30. The Morgan fingerprint density at radius 1 is 1.09 bits per heavy atom. The molecule has 0 bridgehead atoms. The van der Waals surface area contributed by atoms with E-state index in [-0.39, 0.29) is 37.3 Å². The molecular weight excluding hydrogens is 624 g/mol. The number of carbonyl (C=O) groups is 3. The first-order valence-electron chi connectivity index (χ1n) is 14.6. The van der Waals surface area contributed by atoms with E-state index in [2.05, 4.69) is 5.32 Å². The molecule has 2 fully saturated rings. The molecular formula is C30H33F6N5O5. The topological polar surface area (TPSA) is 128 Å². The van der Waals surface area contributed by atoms with Crippen molar-refractivity contribution in [2.45, 2.75) is 62.8 Å². The Labute approximate surface area is 260 Å². The molecule has 2 aromatic rings. The van der Waals surface area contributed by atoms with Gasteiger partial charge in [0.15, 0.2) is 0 Å². The van der Waals surface area contributed by atoms with Gasteiger partial charge in [-0.1, -0.05) is 31.5 Å². The second-order valence-corrected chi connectivity index (χ2v) is 11.8. The van der Waals surface area contributed by atoms with E-state index in [1.54, 1.807) is 36.9 Å². The average Bonchev–Trinajstić information content (AvgIpc) is 3.54. The summed E-state index contributed by atoms with van der Waals surface area (Å²) in [6.45, 7) is 3.18. The highest BCUT2D eigenvalue weighted by molar-refractivity contribution is 6.09. The lowest BCUT2D eigenvalue weighted by Gasteiger charge is -2.42. The largest absolute Gasteiger partial charge is 0.493 e. The van der Waals surface area contributed by atoms with Crippen LogP contribution in [0.1, 0.15) is 42.5 Å². The van der Waals surface area contributed by atoms with Crippen molar-refractivity contribution in [1.29, 1.82) is 0 Å². The first-order chi connectivity index (χ1) is 21.4. The Hall–Kier alpha value is -4.05. The molecule has 250 valence electrons. The quantitative estimate of drug-likeness (QED) is 0.308. The van der Waals surface area contributed by atoms with Crippen molar-refractivity contribution in [3.8, 4) is 5.75 Å². The number of alkyl halides is 6. The third-order valence-corrected chi connectivity index (χ3v) is 8.75. The van der Waals surface area contributed by atoms with E-state index < -0.39 is 59.6 Å². The van der Waals surface area contributed by atoms with Gasteiger partial charge in [0.2, 0.25) is 5.91 Å². The van der Waals surface area contributed by atoms with E-state index in [1.807, 2.05) is 0 Å². The van der Waals surface area contributed by atoms with Gasteiger partial charge < -0.3 is 30.7 Å². The Morgan fingerprint density at radius 3 is 2.41 bits per heavy atom. The van der Waals surface area contributed by atoms with Gasteiger partial charge in [0.05, 0.1) is 19.3 Å². The number of hydrogen-bond acceptors (Lipinski definition) is 7. The zero-order valence-corrected chi connectivity index (χ0v) is 25.0. The second kappa shape index (κ2) is 11.6. The van der Waals surface area contributed by atoms with Crippen molar-refractivity contribution < 1.29 is 50.6 Å². The number of nitrogens with zero attached hydrogens (tertiary/aromatic N) is 3. The van der Waals surface area contributed by atoms with Crippen LogP contribution in [0, 0.1) is 0 Å². The molecule has 0 aliphatic carbocycles. The first kappa shape index (κ1) is 33.3. The lowest BCUT2D eigenvalue weighted by atomic mass is 9.89. The summed E-state index contributed by atoms with van der Waals surface area (Å²) in [5.74, 6) is -0.488. The number of aryl methyl sites for hydroxylation is 1. The van der Waals surface area contributed by atoms with Crippen LogP contribution in [0.4, 0.5) is 36.8 Å². The fraction of sp³-hybridized carbons (Fsp3) is 0.500. The zero-order valence-electron chi connectivity index (χ0n) is 25.0. The van der Waals surface area contributed by atoms with Crippen molar-refractivity contribution in [2.24, 2.45) is 5.73 Å². The molecule has 2 aromatic carbocycles. The molecule has 5 rings (SSSR count). The molecule has 3 aliphatic rings. The van der Waals surface area contributed by atoms with Crippen LogP contribution < -0.4 is 20.7 Å². The summed E-state index contributed by atoms with van der Waals surface area (Å²) in [7, 11) is 0. The summed E-state index contributed by atoms with van der Waals surface area (Å²) >= 11 is 0. The highest BCUT2D eigenvalue weighted by Crippen LogP contribution is 2.50. The fourth-order valence-corrected chi connectivity index (χ4v) is 6.15. The number of amides is 4. The second-order valence-electron chi connectivity index (χ2n) is 11.8. The van der Waals surface area contributed by atoms with Crippen LogP contribution in [-0.2, 0) is 33.6 Å². The van der Waals surface area contributed by atoms with Gasteiger partial charge in [-0.15, -0.1) is 0 Å². The highest BCUT2D eigenvalue weighted by Gasteiger charge is 2.71. The molecule has 0 spiro atoms. The minimum absolute atomic E-state index is 0.0423. The van der Waals surface area contributed by atoms with E-state index >= 15 is 0 Å². The molecule has 16 heteroatoms. The van der Waals surface area contributed by atoms with Crippen LogP contribution in [0.3, 0.4) is 0 Å². The number of urea groups is 1. The van der Waals surface area contributed by atoms with Gasteiger partial charge in [-0.25, -0.2) is 4.79 Å². The normalized spacial score (nSPS) is 22.2. The van der Waals surface area contributed by atoms with Crippen molar-refractivity contribution in [3.63, 3.8) is 0 Å². The maximum atomic E-state index is 13.5. The molecule has 1 unspecified atom stereocenters. The Kier molecular flexibility index (Phi) is 8.43. The minimum atomic E-state index is -6.03. The number of nitrogens with one attached hydrogen (secondary N) is 1. The predicted octanol–water partition coefficient (Wildman–Crippen LogP) is 3.29. The summed E-state index contributed by atoms with van der Waals surface area (Å²) in [4.78, 5) is 43.3. The van der Waals surface area contributed by atoms with Gasteiger partial charge in [-0.3, -0.25) is 14.5 Å². The van der Waals surface area contributed by atoms with E-state index in [4.69, 9.17) is 10.5 Å². The number of piperazine rings is 1. The van der Waals surface area contributed by atoms with Crippen molar-refractivity contribution in [2.75, 3.05) is 37.7 Å². The maximum absolute atomic E-state index is 13.5. The summed E-state index contributed by atoms with van der Waals surface area (Å²) < 4.78 is 86.6. The van der Waals surface area contributed by atoms with Gasteiger partial charge in [-0.2, -0.15) is 26.3 Å². The van der Waals surface area contributed by atoms with E-state index in [0.717, 1.165) is 16.5 Å². The number of imide groups is 1. The first-order valence-corrected chi connectivity index (χ1v) is 14.6. The van der Waals surface area contributed by atoms with E-state index in [1.165, 1.54) is 4.90 Å². The molecule has 3 heterocycles. The van der Waals surface area contributed by atoms with Crippen molar-refractivity contribution in [1.82, 2.24) is 15.1 Å². The lowest BCUT2D eigenvalue weighted by molar-refractivity contribution is -0.376. The Bertz CT molecular complexity index is 1540. The number of hydrogen-bond donors (Lipinski definition) is 3. The molecule has 46 heavy (non-hydrogen) atoms. The van der Waals surface area contributed by atoms with Crippen molar-refractivity contribution >= 4 is 23.5 Å². The SMILES string of the molecule is CCCc1cc(C(O)(C(F)(F)F)C(F)(F)F)ccc1N1CCN(C(=O)CN2C(=O)NC(C)(c3ccc4c(c3)CCO4)C2=O)C[C@H]1N. The molecule has 10 nitrogen and oxygen atoms in total. The maximum Gasteiger partial charge on any atom is 0.430 e. The third-order valence-electron chi connectivity index (χ3n) is 8.75. The van der Waals surface area contributed by atoms with Crippen LogP contribution >= 0.6 is 0 Å². The molecule has 0 radical (unpaired) electrons. The zero-order chi connectivity index (χ0) is 33.8. The molecule has 0 saturated carbocycles.